The third-order valence-electron chi connectivity index (χ3n) is 0.338. The molecule has 0 aliphatic heterocycles. The van der Waals surface area contributed by atoms with Gasteiger partial charge in [-0.3, -0.25) is 0 Å². The smallest absolute Gasteiger partial charge is 0.145 e. The maximum atomic E-state index is 5.40. The van der Waals surface area contributed by atoms with E-state index in [1.807, 2.05) is 18.7 Å². The molecule has 0 unspecified atom stereocenters. The van der Waals surface area contributed by atoms with Gasteiger partial charge < -0.3 is 0 Å². The molecule has 0 atom stereocenters. The topological polar surface area (TPSA) is 0 Å². The van der Waals surface area contributed by atoms with Crippen molar-refractivity contribution < 1.29 is 0 Å². The zero-order valence-corrected chi connectivity index (χ0v) is 6.15. The molecule has 0 fully saturated rings. The lowest BCUT2D eigenvalue weighted by atomic mass is 10.8. The van der Waals surface area contributed by atoms with Crippen molar-refractivity contribution in [2.45, 2.75) is 6.92 Å². The highest BCUT2D eigenvalue weighted by Crippen LogP contribution is 1.94. The molecular weight excluding hydrogens is 135 g/mol. The van der Waals surface area contributed by atoms with Gasteiger partial charge in [-0.2, -0.15) is 0 Å². The molecule has 0 radical (unpaired) electrons. The highest BCUT2D eigenvalue weighted by atomic mass is 35.7. The summed E-state index contributed by atoms with van der Waals surface area (Å²) in [5, 5.41) is 0. The molecule has 0 N–H and O–H groups in total. The summed E-state index contributed by atoms with van der Waals surface area (Å²) in [6.07, 6.45) is 1.87. The Bertz CT molecular complexity index is 50.8. The highest BCUT2D eigenvalue weighted by molar-refractivity contribution is 7.36. The van der Waals surface area contributed by atoms with E-state index in [1.54, 1.807) is 0 Å². The quantitative estimate of drug-likeness (QED) is 0.385. The Morgan fingerprint density at radius 3 is 2.00 bits per heavy atom. The van der Waals surface area contributed by atoms with Gasteiger partial charge in [-0.1, -0.05) is 11.8 Å². The molecule has 0 saturated heterocycles. The fourth-order valence-electron chi connectivity index (χ4n) is 0.145. The molecule has 0 saturated carbocycles. The summed E-state index contributed by atoms with van der Waals surface area (Å²) in [5.41, 5.74) is 1.84. The van der Waals surface area contributed by atoms with Gasteiger partial charge in [0, 0.05) is 0 Å². The van der Waals surface area contributed by atoms with E-state index in [2.05, 4.69) is 0 Å². The molecule has 36 valence electrons. The summed E-state index contributed by atoms with van der Waals surface area (Å²) in [6, 6.07) is 0. The third-order valence-corrected chi connectivity index (χ3v) is 1.89. The Balaban J connectivity index is 3.03. The van der Waals surface area contributed by atoms with Gasteiger partial charge in [0.2, 0.25) is 0 Å². The first-order valence-electron chi connectivity index (χ1n) is 1.68. The van der Waals surface area contributed by atoms with Crippen LogP contribution < -0.4 is 0 Å². The van der Waals surface area contributed by atoms with Crippen molar-refractivity contribution >= 4 is 29.6 Å². The normalized spacial score (nSPS) is 11.3. The van der Waals surface area contributed by atoms with Crippen LogP contribution in [0.1, 0.15) is 6.92 Å². The number of hydrogen-bond acceptors (Lipinski definition) is 0. The predicted molar refractivity (Wildman–Crippen MR) is 33.7 cm³/mol. The Labute approximate surface area is 48.8 Å². The second-order valence-electron chi connectivity index (χ2n) is 0.860. The maximum absolute atomic E-state index is 5.40. The first-order chi connectivity index (χ1) is 2.77. The maximum Gasteiger partial charge on any atom is 0.259 e. The summed E-state index contributed by atoms with van der Waals surface area (Å²) < 4.78 is 0. The van der Waals surface area contributed by atoms with Gasteiger partial charge in [-0.05, 0) is 6.92 Å². The molecule has 3 heteroatoms. The van der Waals surface area contributed by atoms with Gasteiger partial charge in [0.15, 0.2) is 0 Å². The summed E-state index contributed by atoms with van der Waals surface area (Å²) in [7, 11) is -1.41. The van der Waals surface area contributed by atoms with Gasteiger partial charge in [0.1, 0.15) is 0 Å². The van der Waals surface area contributed by atoms with Crippen molar-refractivity contribution in [2.75, 3.05) is 0 Å². The van der Waals surface area contributed by atoms with Gasteiger partial charge in [0.05, 0.1) is 0 Å². The number of rotatable bonds is 1. The number of allylic oxidation sites excluding steroid dienone is 1. The third kappa shape index (κ3) is 4.54. The minimum atomic E-state index is -1.41. The molecule has 0 aromatic carbocycles. The second-order valence-corrected chi connectivity index (χ2v) is 5.41. The van der Waals surface area contributed by atoms with Crippen LogP contribution in [0.5, 0.6) is 0 Å². The van der Waals surface area contributed by atoms with Crippen molar-refractivity contribution in [3.8, 4) is 0 Å². The average molecular weight is 141 g/mol. The van der Waals surface area contributed by atoms with E-state index in [-0.39, 0.29) is 0 Å². The first kappa shape index (κ1) is 6.54. The van der Waals surface area contributed by atoms with Crippen LogP contribution in [-0.4, -0.2) is 7.42 Å². The molecule has 0 rings (SSSR count). The van der Waals surface area contributed by atoms with E-state index in [1.165, 1.54) is 0 Å². The zero-order chi connectivity index (χ0) is 4.99. The van der Waals surface area contributed by atoms with Crippen molar-refractivity contribution in [1.29, 1.82) is 0 Å². The van der Waals surface area contributed by atoms with Crippen LogP contribution in [0.15, 0.2) is 11.8 Å². The fourth-order valence-corrected chi connectivity index (χ4v) is 1.31. The first-order valence-corrected chi connectivity index (χ1v) is 5.84. The molecular formula is C3H6Cl2Si. The van der Waals surface area contributed by atoms with Gasteiger partial charge >= 0.3 is 0 Å². The van der Waals surface area contributed by atoms with Crippen molar-refractivity contribution in [2.24, 2.45) is 0 Å². The van der Waals surface area contributed by atoms with Crippen LogP contribution >= 0.6 is 22.2 Å². The molecule has 0 aromatic rings. The van der Waals surface area contributed by atoms with Gasteiger partial charge in [0.25, 0.3) is 7.42 Å². The van der Waals surface area contributed by atoms with Crippen molar-refractivity contribution in [3.05, 3.63) is 11.8 Å². The lowest BCUT2D eigenvalue weighted by molar-refractivity contribution is 1.78. The van der Waals surface area contributed by atoms with E-state index >= 15 is 0 Å². The largest absolute Gasteiger partial charge is 0.259 e. The lowest BCUT2D eigenvalue weighted by Gasteiger charge is -1.77. The van der Waals surface area contributed by atoms with E-state index in [0.717, 1.165) is 0 Å². The van der Waals surface area contributed by atoms with Gasteiger partial charge in [-0.25, -0.2) is 0 Å². The minimum Gasteiger partial charge on any atom is -0.145 e. The van der Waals surface area contributed by atoms with E-state index in [0.29, 0.717) is 0 Å². The van der Waals surface area contributed by atoms with Crippen LogP contribution in [-0.2, 0) is 0 Å². The van der Waals surface area contributed by atoms with Gasteiger partial charge in [-0.15, -0.1) is 22.2 Å². The van der Waals surface area contributed by atoms with Crippen LogP contribution in [0.4, 0.5) is 0 Å². The molecule has 0 aromatic heterocycles. The monoisotopic (exact) mass is 140 g/mol. The molecule has 0 bridgehead atoms. The minimum absolute atomic E-state index is 1.41. The van der Waals surface area contributed by atoms with Crippen molar-refractivity contribution in [1.82, 2.24) is 0 Å². The summed E-state index contributed by atoms with van der Waals surface area (Å²) in [6.45, 7) is 1.91. The fraction of sp³-hybridized carbons (Fsp3) is 0.333. The Kier molecular flexibility index (Phi) is 4.05. The molecule has 0 nitrogen and oxygen atoms in total. The highest BCUT2D eigenvalue weighted by Gasteiger charge is 1.88. The SMILES string of the molecule is CC=C[SiH](Cl)Cl. The molecule has 0 heterocycles. The number of hydrogen-bond donors (Lipinski definition) is 0. The lowest BCUT2D eigenvalue weighted by Crippen LogP contribution is -1.80. The van der Waals surface area contributed by atoms with Crippen LogP contribution in [0.25, 0.3) is 0 Å². The number of halogens is 2. The molecule has 0 aliphatic carbocycles. The molecule has 6 heavy (non-hydrogen) atoms. The van der Waals surface area contributed by atoms with Crippen LogP contribution in [0, 0.1) is 0 Å². The summed E-state index contributed by atoms with van der Waals surface area (Å²) in [4.78, 5) is 0. The average Bonchev–Trinajstić information content (AvgIpc) is 1.35. The summed E-state index contributed by atoms with van der Waals surface area (Å²) in [5.74, 6) is 0. The summed E-state index contributed by atoms with van der Waals surface area (Å²) >= 11 is 10.8. The zero-order valence-electron chi connectivity index (χ0n) is 3.49. The Hall–Kier alpha value is 0.537. The molecule has 0 amide bonds. The standard InChI is InChI=1S/C3H6Cl2Si/c1-2-3-6(4)5/h2-3,6H,1H3. The van der Waals surface area contributed by atoms with E-state index < -0.39 is 7.42 Å². The van der Waals surface area contributed by atoms with Crippen LogP contribution in [0.3, 0.4) is 0 Å². The van der Waals surface area contributed by atoms with E-state index in [9.17, 15) is 0 Å². The predicted octanol–water partition coefficient (Wildman–Crippen LogP) is 1.80. The second kappa shape index (κ2) is 3.72. The Morgan fingerprint density at radius 1 is 1.50 bits per heavy atom. The molecule has 0 aliphatic rings. The van der Waals surface area contributed by atoms with E-state index in [4.69, 9.17) is 22.2 Å². The van der Waals surface area contributed by atoms with Crippen LogP contribution in [0.2, 0.25) is 0 Å². The Morgan fingerprint density at radius 2 is 2.00 bits per heavy atom. The molecule has 0 spiro atoms. The van der Waals surface area contributed by atoms with Crippen molar-refractivity contribution in [3.63, 3.8) is 0 Å².